The van der Waals surface area contributed by atoms with Crippen LogP contribution in [-0.2, 0) is 0 Å². The van der Waals surface area contributed by atoms with E-state index in [2.05, 4.69) is 18.0 Å². The molecule has 0 heterocycles. The minimum Gasteiger partial charge on any atom is -0.322 e. The molecule has 0 saturated heterocycles. The van der Waals surface area contributed by atoms with Gasteiger partial charge in [-0.05, 0) is 20.4 Å². The lowest BCUT2D eigenvalue weighted by atomic mass is 9.78. The summed E-state index contributed by atoms with van der Waals surface area (Å²) in [4.78, 5) is 2.06. The minimum atomic E-state index is -0.139. The van der Waals surface area contributed by atoms with Crippen molar-refractivity contribution in [3.05, 3.63) is 24.2 Å². The van der Waals surface area contributed by atoms with E-state index in [0.717, 1.165) is 24.1 Å². The Bertz CT molecular complexity index is 194. The third-order valence-corrected chi connectivity index (χ3v) is 2.27. The maximum Gasteiger partial charge on any atom is 0.359 e. The van der Waals surface area contributed by atoms with Crippen LogP contribution in [0, 0.1) is 0 Å². The van der Waals surface area contributed by atoms with E-state index in [4.69, 9.17) is 19.3 Å². The molecule has 0 aliphatic heterocycles. The minimum absolute atomic E-state index is 0.139. The van der Waals surface area contributed by atoms with Crippen molar-refractivity contribution in [3.8, 4) is 0 Å². The first-order valence-electron chi connectivity index (χ1n) is 4.37. The molecule has 0 atom stereocenters. The molecule has 0 aliphatic carbocycles. The molecule has 0 saturated carbocycles. The molecule has 0 fully saturated rings. The fraction of sp³-hybridized carbons (Fsp3) is 0.556. The van der Waals surface area contributed by atoms with Gasteiger partial charge in [-0.25, -0.2) is 0 Å². The lowest BCUT2D eigenvalue weighted by molar-refractivity contribution is 0.504. The Kier molecular flexibility index (Phi) is 6.27. The summed E-state index contributed by atoms with van der Waals surface area (Å²) in [5.74, 6) is 0. The largest absolute Gasteiger partial charge is 0.359 e. The van der Waals surface area contributed by atoms with Crippen molar-refractivity contribution < 1.29 is 0 Å². The maximum absolute atomic E-state index is 6.13. The standard InChI is InChI=1S/C9H16B2ClN/c1-8(2)7-13(6-5-10)11(12)9(3)4/h1,3,5-7H2,2,4H3. The molecule has 0 bridgehead atoms. The van der Waals surface area contributed by atoms with Gasteiger partial charge in [-0.3, -0.25) is 0 Å². The van der Waals surface area contributed by atoms with Gasteiger partial charge in [0.25, 0.3) is 0 Å². The third kappa shape index (κ3) is 5.22. The van der Waals surface area contributed by atoms with Gasteiger partial charge in [-0.15, -0.1) is 6.58 Å². The van der Waals surface area contributed by atoms with Crippen molar-refractivity contribution in [1.29, 1.82) is 0 Å². The van der Waals surface area contributed by atoms with Gasteiger partial charge < -0.3 is 4.81 Å². The average Bonchev–Trinajstić information content (AvgIpc) is 2.01. The van der Waals surface area contributed by atoms with E-state index in [9.17, 15) is 0 Å². The molecule has 0 rings (SSSR count). The van der Waals surface area contributed by atoms with Gasteiger partial charge in [-0.2, -0.15) is 11.5 Å². The van der Waals surface area contributed by atoms with Crippen LogP contribution < -0.4 is 0 Å². The third-order valence-electron chi connectivity index (χ3n) is 1.62. The summed E-state index contributed by atoms with van der Waals surface area (Å²) in [6.07, 6.45) is 0.462. The van der Waals surface area contributed by atoms with Gasteiger partial charge in [-0.1, -0.05) is 23.9 Å². The molecule has 0 spiro atoms. The van der Waals surface area contributed by atoms with Gasteiger partial charge in [0.15, 0.2) is 0 Å². The van der Waals surface area contributed by atoms with Crippen LogP contribution in [0.15, 0.2) is 24.2 Å². The van der Waals surface area contributed by atoms with Crippen LogP contribution in [0.25, 0.3) is 0 Å². The average molecular weight is 195 g/mol. The van der Waals surface area contributed by atoms with Crippen molar-refractivity contribution in [3.63, 3.8) is 0 Å². The van der Waals surface area contributed by atoms with E-state index in [-0.39, 0.29) is 6.26 Å². The predicted molar refractivity (Wildman–Crippen MR) is 63.4 cm³/mol. The molecule has 0 aromatic rings. The van der Waals surface area contributed by atoms with E-state index in [1.165, 1.54) is 0 Å². The first-order chi connectivity index (χ1) is 5.99. The molecule has 1 nitrogen and oxygen atoms in total. The molecule has 0 aliphatic rings. The van der Waals surface area contributed by atoms with Gasteiger partial charge in [0, 0.05) is 6.54 Å². The first kappa shape index (κ1) is 12.9. The summed E-state index contributed by atoms with van der Waals surface area (Å²) in [5, 5.41) is 0. The molecular weight excluding hydrogens is 179 g/mol. The summed E-state index contributed by atoms with van der Waals surface area (Å²) in [5.41, 5.74) is 2.02. The Morgan fingerprint density at radius 1 is 1.46 bits per heavy atom. The van der Waals surface area contributed by atoms with E-state index in [0.29, 0.717) is 6.32 Å². The normalized spacial score (nSPS) is 10.2. The van der Waals surface area contributed by atoms with Gasteiger partial charge in [0.2, 0.25) is 0 Å². The second kappa shape index (κ2) is 6.33. The van der Waals surface area contributed by atoms with Crippen LogP contribution in [0.3, 0.4) is 0 Å². The summed E-state index contributed by atoms with van der Waals surface area (Å²) >= 11 is 6.13. The Labute approximate surface area is 88.3 Å². The lowest BCUT2D eigenvalue weighted by Gasteiger charge is -2.25. The van der Waals surface area contributed by atoms with Gasteiger partial charge >= 0.3 is 6.26 Å². The SMILES string of the molecule is [B]CCN(CC(=C)C)B(Cl)C(=C)C. The van der Waals surface area contributed by atoms with Gasteiger partial charge in [0.1, 0.15) is 0 Å². The predicted octanol–water partition coefficient (Wildman–Crippen LogP) is 2.29. The van der Waals surface area contributed by atoms with Crippen molar-refractivity contribution >= 4 is 25.6 Å². The van der Waals surface area contributed by atoms with E-state index < -0.39 is 0 Å². The highest BCUT2D eigenvalue weighted by molar-refractivity contribution is 7.09. The zero-order chi connectivity index (χ0) is 10.4. The summed E-state index contributed by atoms with van der Waals surface area (Å²) in [6.45, 7) is 13.1. The fourth-order valence-corrected chi connectivity index (χ4v) is 1.26. The van der Waals surface area contributed by atoms with Crippen LogP contribution in [0.1, 0.15) is 13.8 Å². The van der Waals surface area contributed by atoms with Crippen molar-refractivity contribution in [2.24, 2.45) is 0 Å². The number of nitrogens with zero attached hydrogens (tertiary/aromatic N) is 1. The smallest absolute Gasteiger partial charge is 0.322 e. The van der Waals surface area contributed by atoms with E-state index >= 15 is 0 Å². The fourth-order valence-electron chi connectivity index (χ4n) is 1.10. The van der Waals surface area contributed by atoms with Crippen LogP contribution in [0.4, 0.5) is 0 Å². The second-order valence-corrected chi connectivity index (χ2v) is 3.81. The van der Waals surface area contributed by atoms with Crippen molar-refractivity contribution in [2.75, 3.05) is 13.1 Å². The zero-order valence-corrected chi connectivity index (χ0v) is 9.27. The molecule has 2 radical (unpaired) electrons. The van der Waals surface area contributed by atoms with Crippen molar-refractivity contribution in [2.45, 2.75) is 20.2 Å². The van der Waals surface area contributed by atoms with Crippen LogP contribution in [0.5, 0.6) is 0 Å². The van der Waals surface area contributed by atoms with E-state index in [1.807, 2.05) is 13.8 Å². The van der Waals surface area contributed by atoms with Gasteiger partial charge in [0.05, 0.1) is 7.85 Å². The molecule has 4 heteroatoms. The highest BCUT2D eigenvalue weighted by atomic mass is 35.5. The topological polar surface area (TPSA) is 3.24 Å². The first-order valence-corrected chi connectivity index (χ1v) is 4.80. The summed E-state index contributed by atoms with van der Waals surface area (Å²) < 4.78 is 0. The Morgan fingerprint density at radius 3 is 2.31 bits per heavy atom. The molecule has 0 amide bonds. The number of halogens is 1. The van der Waals surface area contributed by atoms with E-state index in [1.54, 1.807) is 0 Å². The Hall–Kier alpha value is -0.140. The molecule has 0 aromatic heterocycles. The zero-order valence-electron chi connectivity index (χ0n) is 8.52. The van der Waals surface area contributed by atoms with Crippen molar-refractivity contribution in [1.82, 2.24) is 4.81 Å². The Morgan fingerprint density at radius 2 is 2.00 bits per heavy atom. The number of allylic oxidation sites excluding steroid dienone is 1. The second-order valence-electron chi connectivity index (χ2n) is 3.40. The lowest BCUT2D eigenvalue weighted by Crippen LogP contribution is -2.38. The summed E-state index contributed by atoms with van der Waals surface area (Å²) in [7, 11) is 5.48. The molecule has 0 aromatic carbocycles. The number of hydrogen-bond donors (Lipinski definition) is 0. The highest BCUT2D eigenvalue weighted by Crippen LogP contribution is 2.10. The quantitative estimate of drug-likeness (QED) is 0.464. The van der Waals surface area contributed by atoms with Crippen LogP contribution in [-0.4, -0.2) is 32.0 Å². The maximum atomic E-state index is 6.13. The monoisotopic (exact) mass is 195 g/mol. The number of hydrogen-bond acceptors (Lipinski definition) is 1. The number of rotatable bonds is 6. The Balaban J connectivity index is 4.22. The molecule has 70 valence electrons. The van der Waals surface area contributed by atoms with Crippen LogP contribution in [0.2, 0.25) is 6.32 Å². The highest BCUT2D eigenvalue weighted by Gasteiger charge is 2.20. The molecular formula is C9H16B2ClN. The summed E-state index contributed by atoms with van der Waals surface area (Å²) in [6, 6.07) is 0. The molecule has 13 heavy (non-hydrogen) atoms. The molecule has 0 unspecified atom stereocenters. The van der Waals surface area contributed by atoms with Crippen LogP contribution >= 0.6 is 11.5 Å². The molecule has 0 N–H and O–H groups in total.